The molecule has 2 aromatic heterocycles. The largest absolute Gasteiger partial charge is 0.418 e. The quantitative estimate of drug-likeness (QED) is 0.437. The summed E-state index contributed by atoms with van der Waals surface area (Å²) in [5.41, 5.74) is -0.594. The van der Waals surface area contributed by atoms with Gasteiger partial charge in [-0.15, -0.1) is 9.78 Å². The number of halogens is 3. The van der Waals surface area contributed by atoms with Crippen molar-refractivity contribution < 1.29 is 9.72 Å². The molecule has 0 radical (unpaired) electrons. The van der Waals surface area contributed by atoms with Crippen LogP contribution in [0.4, 0.5) is 10.6 Å². The van der Waals surface area contributed by atoms with Gasteiger partial charge in [0, 0.05) is 0 Å². The molecule has 0 saturated carbocycles. The number of aromatic nitrogens is 6. The lowest BCUT2D eigenvalue weighted by atomic mass is 10.4. The van der Waals surface area contributed by atoms with Gasteiger partial charge < -0.3 is 10.1 Å². The number of hydrogen-bond acceptors (Lipinski definition) is 7. The van der Waals surface area contributed by atoms with Crippen LogP contribution in [-0.4, -0.2) is 40.9 Å². The maximum absolute atomic E-state index is 11.9. The number of nitro groups is 1. The third kappa shape index (κ3) is 2.50. The molecule has 2 aromatic rings. The van der Waals surface area contributed by atoms with Crippen molar-refractivity contribution >= 4 is 46.7 Å². The normalized spacial score (nSPS) is 11.5. The lowest BCUT2D eigenvalue weighted by Gasteiger charge is -2.09. The van der Waals surface area contributed by atoms with Gasteiger partial charge in [-0.05, 0) is 4.92 Å². The Morgan fingerprint density at radius 3 is 2.53 bits per heavy atom. The summed E-state index contributed by atoms with van der Waals surface area (Å²) >= 11 is 16.8. The van der Waals surface area contributed by atoms with Gasteiger partial charge in [-0.2, -0.15) is 4.68 Å². The summed E-state index contributed by atoms with van der Waals surface area (Å²) in [5, 5.41) is 24.0. The molecular formula is C6H2Cl3N7O3. The number of carbonyl (C=O) groups is 1. The summed E-state index contributed by atoms with van der Waals surface area (Å²) < 4.78 is -1.04. The van der Waals surface area contributed by atoms with Gasteiger partial charge in [0.2, 0.25) is 9.49 Å². The summed E-state index contributed by atoms with van der Waals surface area (Å²) in [6.45, 7) is 0. The van der Waals surface area contributed by atoms with E-state index in [0.717, 1.165) is 4.68 Å². The lowest BCUT2D eigenvalue weighted by molar-refractivity contribution is -0.390. The molecule has 2 heterocycles. The van der Waals surface area contributed by atoms with Gasteiger partial charge in [-0.1, -0.05) is 40.0 Å². The van der Waals surface area contributed by atoms with Crippen molar-refractivity contribution in [3.63, 3.8) is 0 Å². The van der Waals surface area contributed by atoms with Crippen LogP contribution in [-0.2, 0) is 3.79 Å². The molecule has 0 unspecified atom stereocenters. The molecule has 0 aliphatic heterocycles. The summed E-state index contributed by atoms with van der Waals surface area (Å²) in [6, 6.07) is -0.931. The van der Waals surface area contributed by atoms with Gasteiger partial charge in [0.15, 0.2) is 0 Å². The van der Waals surface area contributed by atoms with Crippen molar-refractivity contribution in [1.29, 1.82) is 0 Å². The fourth-order valence-electron chi connectivity index (χ4n) is 1.18. The molecule has 19 heavy (non-hydrogen) atoms. The van der Waals surface area contributed by atoms with Crippen LogP contribution in [0.15, 0.2) is 12.4 Å². The maximum atomic E-state index is 11.9. The van der Waals surface area contributed by atoms with Crippen molar-refractivity contribution in [2.24, 2.45) is 0 Å². The van der Waals surface area contributed by atoms with Crippen LogP contribution >= 0.6 is 34.8 Å². The zero-order valence-corrected chi connectivity index (χ0v) is 10.9. The second kappa shape index (κ2) is 4.72. The van der Waals surface area contributed by atoms with E-state index in [2.05, 4.69) is 20.6 Å². The Labute approximate surface area is 119 Å². The Morgan fingerprint density at radius 1 is 1.37 bits per heavy atom. The van der Waals surface area contributed by atoms with Gasteiger partial charge in [0.1, 0.15) is 5.10 Å². The van der Waals surface area contributed by atoms with E-state index in [1.165, 1.54) is 12.4 Å². The van der Waals surface area contributed by atoms with E-state index in [9.17, 15) is 14.9 Å². The lowest BCUT2D eigenvalue weighted by Crippen LogP contribution is -2.26. The number of nitrogens with zero attached hydrogens (tertiary/aromatic N) is 7. The molecule has 0 bridgehead atoms. The first-order valence-corrected chi connectivity index (χ1v) is 5.54. The van der Waals surface area contributed by atoms with Crippen molar-refractivity contribution in [2.75, 3.05) is 0 Å². The molecule has 0 aliphatic carbocycles. The Balaban J connectivity index is 2.59. The second-order valence-corrected chi connectivity index (χ2v) is 5.34. The zero-order chi connectivity index (χ0) is 14.2. The van der Waals surface area contributed by atoms with Gasteiger partial charge in [-0.3, -0.25) is 0 Å². The number of rotatable bonds is 1. The monoisotopic (exact) mass is 325 g/mol. The minimum Gasteiger partial charge on any atom is -0.358 e. The van der Waals surface area contributed by atoms with Gasteiger partial charge in [-0.25, -0.2) is 4.79 Å². The third-order valence-electron chi connectivity index (χ3n) is 1.89. The smallest absolute Gasteiger partial charge is 0.358 e. The topological polar surface area (TPSA) is 122 Å². The average molecular weight is 326 g/mol. The SMILES string of the molecule is O=C(n1ccnn1)n1nnc([N+](=O)[O-])c1C(Cl)(Cl)Cl. The van der Waals surface area contributed by atoms with Crippen molar-refractivity contribution in [1.82, 2.24) is 30.0 Å². The van der Waals surface area contributed by atoms with E-state index < -0.39 is 26.3 Å². The highest BCUT2D eigenvalue weighted by Gasteiger charge is 2.41. The van der Waals surface area contributed by atoms with Crippen LogP contribution in [0.25, 0.3) is 0 Å². The summed E-state index contributed by atoms with van der Waals surface area (Å²) in [6.07, 6.45) is 2.41. The Bertz CT molecular complexity index is 631. The van der Waals surface area contributed by atoms with Crippen LogP contribution in [0.1, 0.15) is 5.69 Å². The van der Waals surface area contributed by atoms with E-state index in [4.69, 9.17) is 34.8 Å². The Morgan fingerprint density at radius 2 is 2.05 bits per heavy atom. The standard InChI is InChI=1S/C6H2Cl3N7O3/c7-6(8,9)3-4(16(18)19)11-13-15(3)5(17)14-2-1-10-12-14/h1-2H. The van der Waals surface area contributed by atoms with Crippen LogP contribution in [0.5, 0.6) is 0 Å². The molecule has 13 heteroatoms. The molecule has 0 saturated heterocycles. The maximum Gasteiger partial charge on any atom is 0.418 e. The summed E-state index contributed by atoms with van der Waals surface area (Å²) in [5.74, 6) is -0.839. The molecule has 2 rings (SSSR count). The molecule has 100 valence electrons. The predicted molar refractivity (Wildman–Crippen MR) is 62.1 cm³/mol. The molecule has 10 nitrogen and oxygen atoms in total. The zero-order valence-electron chi connectivity index (χ0n) is 8.64. The number of hydrogen-bond donors (Lipinski definition) is 0. The van der Waals surface area contributed by atoms with Crippen LogP contribution in [0, 0.1) is 10.1 Å². The highest BCUT2D eigenvalue weighted by atomic mass is 35.6. The number of carbonyl (C=O) groups excluding carboxylic acids is 1. The fourth-order valence-corrected chi connectivity index (χ4v) is 1.68. The van der Waals surface area contributed by atoms with E-state index in [1.807, 2.05) is 0 Å². The highest BCUT2D eigenvalue weighted by molar-refractivity contribution is 6.66. The van der Waals surface area contributed by atoms with E-state index in [1.54, 1.807) is 0 Å². The first kappa shape index (κ1) is 13.6. The van der Waals surface area contributed by atoms with E-state index >= 15 is 0 Å². The average Bonchev–Trinajstić information content (AvgIpc) is 2.96. The minimum absolute atomic E-state index is 0.472. The summed E-state index contributed by atoms with van der Waals surface area (Å²) in [7, 11) is 0. The van der Waals surface area contributed by atoms with Crippen molar-refractivity contribution in [3.8, 4) is 0 Å². The van der Waals surface area contributed by atoms with Crippen molar-refractivity contribution in [2.45, 2.75) is 3.79 Å². The first-order valence-electron chi connectivity index (χ1n) is 4.40. The molecule has 0 spiro atoms. The minimum atomic E-state index is -2.26. The van der Waals surface area contributed by atoms with Crippen LogP contribution < -0.4 is 0 Å². The second-order valence-electron chi connectivity index (χ2n) is 3.06. The molecule has 0 amide bonds. The summed E-state index contributed by atoms with van der Waals surface area (Å²) in [4.78, 5) is 21.8. The third-order valence-corrected chi connectivity index (χ3v) is 2.43. The molecular weight excluding hydrogens is 324 g/mol. The molecule has 0 N–H and O–H groups in total. The first-order chi connectivity index (χ1) is 8.82. The van der Waals surface area contributed by atoms with E-state index in [0.29, 0.717) is 4.68 Å². The molecule has 0 aromatic carbocycles. The van der Waals surface area contributed by atoms with Gasteiger partial charge >= 0.3 is 11.8 Å². The Kier molecular flexibility index (Phi) is 3.39. The number of alkyl halides is 3. The predicted octanol–water partition coefficient (Wildman–Crippen LogP) is 1.12. The van der Waals surface area contributed by atoms with E-state index in [-0.39, 0.29) is 0 Å². The van der Waals surface area contributed by atoms with Crippen LogP contribution in [0.2, 0.25) is 0 Å². The fraction of sp³-hybridized carbons (Fsp3) is 0.167. The van der Waals surface area contributed by atoms with Gasteiger partial charge in [0.25, 0.3) is 0 Å². The highest BCUT2D eigenvalue weighted by Crippen LogP contribution is 2.41. The van der Waals surface area contributed by atoms with Crippen LogP contribution in [0.3, 0.4) is 0 Å². The van der Waals surface area contributed by atoms with Crippen molar-refractivity contribution in [3.05, 3.63) is 28.2 Å². The molecule has 0 atom stereocenters. The van der Waals surface area contributed by atoms with Gasteiger partial charge in [0.05, 0.1) is 17.6 Å². The molecule has 0 fully saturated rings. The Hall–Kier alpha value is -1.78. The molecule has 0 aliphatic rings.